The largest absolute Gasteiger partial charge is 0.336 e. The van der Waals surface area contributed by atoms with E-state index in [4.69, 9.17) is 0 Å². The number of carbonyl (C=O) groups excluding carboxylic acids is 1. The van der Waals surface area contributed by atoms with Crippen molar-refractivity contribution in [2.45, 2.75) is 63.8 Å². The van der Waals surface area contributed by atoms with Crippen LogP contribution in [0.2, 0.25) is 0 Å². The molecule has 0 spiro atoms. The Kier molecular flexibility index (Phi) is 4.59. The average Bonchev–Trinajstić information content (AvgIpc) is 3.31. The second-order valence-corrected chi connectivity index (χ2v) is 7.46. The first-order chi connectivity index (χ1) is 12.2. The van der Waals surface area contributed by atoms with E-state index in [1.807, 2.05) is 24.2 Å². The second-order valence-electron chi connectivity index (χ2n) is 7.46. The maximum Gasteiger partial charge on any atom is 0.257 e. The summed E-state index contributed by atoms with van der Waals surface area (Å²) in [5.74, 6) is 1.62. The molecule has 134 valence electrons. The SMILES string of the molecule is Cc1nccn1C1CCCN(C(=O)c2cn[nH]c2C2CCCCC2)C1. The van der Waals surface area contributed by atoms with Crippen LogP contribution >= 0.6 is 0 Å². The number of hydrogen-bond donors (Lipinski definition) is 1. The fourth-order valence-electron chi connectivity index (χ4n) is 4.48. The van der Waals surface area contributed by atoms with E-state index >= 15 is 0 Å². The number of carbonyl (C=O) groups is 1. The minimum atomic E-state index is 0.136. The molecule has 1 saturated heterocycles. The smallest absolute Gasteiger partial charge is 0.257 e. The molecule has 1 aliphatic heterocycles. The summed E-state index contributed by atoms with van der Waals surface area (Å²) in [4.78, 5) is 19.5. The Bertz CT molecular complexity index is 728. The van der Waals surface area contributed by atoms with Crippen LogP contribution in [-0.2, 0) is 0 Å². The zero-order valence-corrected chi connectivity index (χ0v) is 14.9. The van der Waals surface area contributed by atoms with Crippen LogP contribution in [0.4, 0.5) is 0 Å². The third kappa shape index (κ3) is 3.22. The lowest BCUT2D eigenvalue weighted by atomic mass is 9.85. The van der Waals surface area contributed by atoms with Gasteiger partial charge in [0, 0.05) is 31.4 Å². The molecule has 6 heteroatoms. The Labute approximate surface area is 148 Å². The van der Waals surface area contributed by atoms with Crippen LogP contribution in [0.5, 0.6) is 0 Å². The molecule has 0 radical (unpaired) electrons. The maximum absolute atomic E-state index is 13.2. The van der Waals surface area contributed by atoms with E-state index in [0.29, 0.717) is 12.0 Å². The molecule has 2 aliphatic rings. The van der Waals surface area contributed by atoms with Gasteiger partial charge in [-0.1, -0.05) is 19.3 Å². The van der Waals surface area contributed by atoms with Crippen LogP contribution in [0.1, 0.15) is 78.8 Å². The summed E-state index contributed by atoms with van der Waals surface area (Å²) >= 11 is 0. The van der Waals surface area contributed by atoms with E-state index in [2.05, 4.69) is 19.7 Å². The molecule has 1 amide bonds. The number of H-pyrrole nitrogens is 1. The normalized spacial score (nSPS) is 22.3. The van der Waals surface area contributed by atoms with Crippen LogP contribution in [0.15, 0.2) is 18.6 Å². The van der Waals surface area contributed by atoms with E-state index in [9.17, 15) is 4.79 Å². The van der Waals surface area contributed by atoms with Gasteiger partial charge in [0.25, 0.3) is 5.91 Å². The molecule has 1 aliphatic carbocycles. The van der Waals surface area contributed by atoms with E-state index < -0.39 is 0 Å². The molecule has 2 fully saturated rings. The molecule has 1 N–H and O–H groups in total. The van der Waals surface area contributed by atoms with Gasteiger partial charge in [0.15, 0.2) is 0 Å². The Morgan fingerprint density at radius 3 is 2.80 bits per heavy atom. The summed E-state index contributed by atoms with van der Waals surface area (Å²) in [5.41, 5.74) is 1.85. The second kappa shape index (κ2) is 7.02. The third-order valence-corrected chi connectivity index (χ3v) is 5.85. The molecule has 4 rings (SSSR count). The maximum atomic E-state index is 13.2. The Hall–Kier alpha value is -2.11. The van der Waals surface area contributed by atoms with Gasteiger partial charge in [0.1, 0.15) is 5.82 Å². The predicted octanol–water partition coefficient (Wildman–Crippen LogP) is 3.44. The fourth-order valence-corrected chi connectivity index (χ4v) is 4.48. The van der Waals surface area contributed by atoms with Gasteiger partial charge in [-0.2, -0.15) is 5.10 Å². The Morgan fingerprint density at radius 2 is 2.04 bits per heavy atom. The molecule has 3 heterocycles. The highest BCUT2D eigenvalue weighted by Crippen LogP contribution is 2.34. The predicted molar refractivity (Wildman–Crippen MR) is 95.6 cm³/mol. The number of likely N-dealkylation sites (tertiary alicyclic amines) is 1. The van der Waals surface area contributed by atoms with Gasteiger partial charge >= 0.3 is 0 Å². The van der Waals surface area contributed by atoms with E-state index in [1.165, 1.54) is 32.1 Å². The highest BCUT2D eigenvalue weighted by atomic mass is 16.2. The summed E-state index contributed by atoms with van der Waals surface area (Å²) in [7, 11) is 0. The summed E-state index contributed by atoms with van der Waals surface area (Å²) in [6.07, 6.45) is 13.9. The van der Waals surface area contributed by atoms with Crippen molar-refractivity contribution in [2.75, 3.05) is 13.1 Å². The van der Waals surface area contributed by atoms with Crippen molar-refractivity contribution in [2.24, 2.45) is 0 Å². The van der Waals surface area contributed by atoms with Crippen LogP contribution in [-0.4, -0.2) is 43.6 Å². The van der Waals surface area contributed by atoms with Gasteiger partial charge in [-0.15, -0.1) is 0 Å². The molecular weight excluding hydrogens is 314 g/mol. The van der Waals surface area contributed by atoms with Gasteiger partial charge < -0.3 is 9.47 Å². The Morgan fingerprint density at radius 1 is 1.20 bits per heavy atom. The number of aryl methyl sites for hydroxylation is 1. The van der Waals surface area contributed by atoms with Crippen LogP contribution < -0.4 is 0 Å². The van der Waals surface area contributed by atoms with Crippen molar-refractivity contribution < 1.29 is 4.79 Å². The molecule has 2 aromatic heterocycles. The fraction of sp³-hybridized carbons (Fsp3) is 0.632. The zero-order chi connectivity index (χ0) is 17.2. The van der Waals surface area contributed by atoms with Gasteiger partial charge in [0.05, 0.1) is 23.5 Å². The third-order valence-electron chi connectivity index (χ3n) is 5.85. The van der Waals surface area contributed by atoms with Crippen molar-refractivity contribution in [3.05, 3.63) is 35.7 Å². The number of aromatic nitrogens is 4. The minimum absolute atomic E-state index is 0.136. The standard InChI is InChI=1S/C19H27N5O/c1-14-20-9-11-24(14)16-8-5-10-23(13-16)19(25)17-12-21-22-18(17)15-6-3-2-4-7-15/h9,11-12,15-16H,2-8,10,13H2,1H3,(H,21,22). The monoisotopic (exact) mass is 341 g/mol. The number of amides is 1. The first-order valence-corrected chi connectivity index (χ1v) is 9.56. The number of piperidine rings is 1. The molecule has 6 nitrogen and oxygen atoms in total. The van der Waals surface area contributed by atoms with Gasteiger partial charge in [-0.3, -0.25) is 9.89 Å². The number of imidazole rings is 1. The minimum Gasteiger partial charge on any atom is -0.336 e. The highest BCUT2D eigenvalue weighted by Gasteiger charge is 2.30. The number of hydrogen-bond acceptors (Lipinski definition) is 3. The van der Waals surface area contributed by atoms with Crippen molar-refractivity contribution in [3.8, 4) is 0 Å². The van der Waals surface area contributed by atoms with Gasteiger partial charge in [-0.05, 0) is 32.6 Å². The average molecular weight is 341 g/mol. The van der Waals surface area contributed by atoms with Crippen molar-refractivity contribution >= 4 is 5.91 Å². The molecule has 25 heavy (non-hydrogen) atoms. The van der Waals surface area contributed by atoms with E-state index in [-0.39, 0.29) is 5.91 Å². The first-order valence-electron chi connectivity index (χ1n) is 9.56. The summed E-state index contributed by atoms with van der Waals surface area (Å²) in [6.45, 7) is 3.61. The quantitative estimate of drug-likeness (QED) is 0.930. The molecule has 0 aromatic carbocycles. The Balaban J connectivity index is 1.51. The van der Waals surface area contributed by atoms with Crippen molar-refractivity contribution in [1.29, 1.82) is 0 Å². The van der Waals surface area contributed by atoms with Crippen LogP contribution in [0.25, 0.3) is 0 Å². The highest BCUT2D eigenvalue weighted by molar-refractivity contribution is 5.95. The van der Waals surface area contributed by atoms with Crippen molar-refractivity contribution in [3.63, 3.8) is 0 Å². The van der Waals surface area contributed by atoms with Crippen LogP contribution in [0.3, 0.4) is 0 Å². The van der Waals surface area contributed by atoms with Gasteiger partial charge in [-0.25, -0.2) is 4.98 Å². The first kappa shape index (κ1) is 16.4. The van der Waals surface area contributed by atoms with Crippen molar-refractivity contribution in [1.82, 2.24) is 24.6 Å². The molecule has 0 bridgehead atoms. The number of nitrogens with zero attached hydrogens (tertiary/aromatic N) is 4. The molecule has 2 aromatic rings. The van der Waals surface area contributed by atoms with E-state index in [0.717, 1.165) is 43.0 Å². The number of aromatic amines is 1. The van der Waals surface area contributed by atoms with E-state index in [1.54, 1.807) is 6.20 Å². The van der Waals surface area contributed by atoms with Gasteiger partial charge in [0.2, 0.25) is 0 Å². The lowest BCUT2D eigenvalue weighted by Crippen LogP contribution is -2.41. The number of nitrogens with one attached hydrogen (secondary N) is 1. The number of rotatable bonds is 3. The summed E-state index contributed by atoms with van der Waals surface area (Å²) in [5, 5.41) is 7.34. The summed E-state index contributed by atoms with van der Waals surface area (Å²) < 4.78 is 2.21. The molecular formula is C19H27N5O. The van der Waals surface area contributed by atoms with Crippen LogP contribution in [0, 0.1) is 6.92 Å². The lowest BCUT2D eigenvalue weighted by Gasteiger charge is -2.34. The summed E-state index contributed by atoms with van der Waals surface area (Å²) in [6, 6.07) is 0.324. The topological polar surface area (TPSA) is 66.8 Å². The zero-order valence-electron chi connectivity index (χ0n) is 14.9. The lowest BCUT2D eigenvalue weighted by molar-refractivity contribution is 0.0676. The molecule has 1 saturated carbocycles. The molecule has 1 atom stereocenters. The molecule has 1 unspecified atom stereocenters.